The molecular formula is C28H43N5O5S. The van der Waals surface area contributed by atoms with Gasteiger partial charge in [0.25, 0.3) is 5.91 Å². The van der Waals surface area contributed by atoms with Gasteiger partial charge in [0.2, 0.25) is 10.0 Å². The third kappa shape index (κ3) is 9.49. The van der Waals surface area contributed by atoms with E-state index in [9.17, 15) is 18.3 Å². The monoisotopic (exact) mass is 561 g/mol. The molecule has 39 heavy (non-hydrogen) atoms. The Morgan fingerprint density at radius 2 is 2.08 bits per heavy atom. The highest BCUT2D eigenvalue weighted by molar-refractivity contribution is 7.93. The molecule has 216 valence electrons. The minimum atomic E-state index is -3.66. The average molecular weight is 562 g/mol. The number of ether oxygens (including phenoxy) is 1. The summed E-state index contributed by atoms with van der Waals surface area (Å²) in [5.41, 5.74) is 0.223. The summed E-state index contributed by atoms with van der Waals surface area (Å²) in [6.45, 7) is 10.7. The molecule has 2 aliphatic rings. The van der Waals surface area contributed by atoms with Crippen LogP contribution in [0.15, 0.2) is 24.8 Å². The van der Waals surface area contributed by atoms with Gasteiger partial charge in [0, 0.05) is 31.6 Å². The average Bonchev–Trinajstić information content (AvgIpc) is 3.84. The van der Waals surface area contributed by atoms with E-state index < -0.39 is 33.3 Å². The molecule has 1 aromatic rings. The first-order valence-electron chi connectivity index (χ1n) is 13.6. The molecule has 0 aliphatic heterocycles. The van der Waals surface area contributed by atoms with Crippen LogP contribution in [0, 0.1) is 29.6 Å². The Bertz CT molecular complexity index is 1160. The quantitative estimate of drug-likeness (QED) is 0.137. The second kappa shape index (κ2) is 14.1. The Hall–Kier alpha value is -2.65. The van der Waals surface area contributed by atoms with Gasteiger partial charge in [-0.15, -0.1) is 6.58 Å². The predicted molar refractivity (Wildman–Crippen MR) is 154 cm³/mol. The number of hydrogen-bond acceptors (Lipinski definition) is 8. The fourth-order valence-corrected chi connectivity index (χ4v) is 4.88. The maximum Gasteiger partial charge on any atom is 0.251 e. The van der Waals surface area contributed by atoms with Crippen molar-refractivity contribution < 1.29 is 23.1 Å². The maximum absolute atomic E-state index is 13.4. The van der Waals surface area contributed by atoms with Gasteiger partial charge in [0.15, 0.2) is 0 Å². The first-order valence-corrected chi connectivity index (χ1v) is 15.1. The van der Waals surface area contributed by atoms with Crippen LogP contribution >= 0.6 is 0 Å². The van der Waals surface area contributed by atoms with E-state index in [1.54, 1.807) is 26.0 Å². The van der Waals surface area contributed by atoms with Gasteiger partial charge in [-0.3, -0.25) is 9.10 Å². The van der Waals surface area contributed by atoms with Gasteiger partial charge in [-0.25, -0.2) is 13.4 Å². The zero-order chi connectivity index (χ0) is 28.6. The molecule has 0 aromatic carbocycles. The molecule has 0 spiro atoms. The van der Waals surface area contributed by atoms with Crippen molar-refractivity contribution >= 4 is 27.6 Å². The Morgan fingerprint density at radius 1 is 1.36 bits per heavy atom. The van der Waals surface area contributed by atoms with E-state index in [1.165, 1.54) is 13.1 Å². The summed E-state index contributed by atoms with van der Waals surface area (Å²) in [4.78, 5) is 17.9. The van der Waals surface area contributed by atoms with Crippen molar-refractivity contribution in [2.45, 2.75) is 57.4 Å². The molecular weight excluding hydrogens is 518 g/mol. The van der Waals surface area contributed by atoms with E-state index in [2.05, 4.69) is 46.3 Å². The van der Waals surface area contributed by atoms with Crippen LogP contribution in [0.2, 0.25) is 0 Å². The number of anilines is 2. The lowest BCUT2D eigenvalue weighted by atomic mass is 10.1. The number of aromatic nitrogens is 1. The molecule has 2 aliphatic carbocycles. The van der Waals surface area contributed by atoms with E-state index >= 15 is 0 Å². The van der Waals surface area contributed by atoms with Gasteiger partial charge >= 0.3 is 0 Å². The molecule has 4 atom stereocenters. The third-order valence-electron chi connectivity index (χ3n) is 6.96. The van der Waals surface area contributed by atoms with Crippen LogP contribution in [0.25, 0.3) is 0 Å². The molecule has 2 fully saturated rings. The number of hydrogen-bond donors (Lipinski definition) is 4. The fraction of sp³-hybridized carbons (Fsp3) is 0.643. The molecule has 0 unspecified atom stereocenters. The van der Waals surface area contributed by atoms with Crippen LogP contribution in [0.5, 0.6) is 0 Å². The second-order valence-corrected chi connectivity index (χ2v) is 13.2. The highest BCUT2D eigenvalue weighted by Gasteiger charge is 2.32. The lowest BCUT2D eigenvalue weighted by Gasteiger charge is -2.25. The molecule has 0 bridgehead atoms. The summed E-state index contributed by atoms with van der Waals surface area (Å²) in [5, 5.41) is 19.4. The number of rotatable bonds is 16. The predicted octanol–water partition coefficient (Wildman–Crippen LogP) is 1.99. The van der Waals surface area contributed by atoms with Crippen molar-refractivity contribution in [2.75, 3.05) is 49.5 Å². The molecule has 4 N–H and O–H groups in total. The normalized spacial score (nSPS) is 19.9. The second-order valence-electron chi connectivity index (χ2n) is 10.7. The Balaban J connectivity index is 1.76. The SMILES string of the molecule is C=CCOC[C@H](NC(=O)c1cc(NC[C@H]2C[C@@H]2C)nc(N(C)S(=O)(=O)C(C)C)c1)[C@H](O)CNCC#CC1CC1. The first kappa shape index (κ1) is 30.9. The molecule has 10 nitrogen and oxygen atoms in total. The van der Waals surface area contributed by atoms with Crippen molar-refractivity contribution in [2.24, 2.45) is 17.8 Å². The molecule has 0 radical (unpaired) electrons. The summed E-state index contributed by atoms with van der Waals surface area (Å²) in [6, 6.07) is 2.32. The highest BCUT2D eigenvalue weighted by atomic mass is 32.2. The number of carbonyl (C=O) groups excluding carboxylic acids is 1. The van der Waals surface area contributed by atoms with Crippen LogP contribution in [0.4, 0.5) is 11.6 Å². The Morgan fingerprint density at radius 3 is 2.69 bits per heavy atom. The molecule has 1 aromatic heterocycles. The highest BCUT2D eigenvalue weighted by Crippen LogP contribution is 2.37. The number of amides is 1. The minimum absolute atomic E-state index is 0.0681. The molecule has 1 heterocycles. The van der Waals surface area contributed by atoms with Gasteiger partial charge in [0.05, 0.1) is 37.2 Å². The standard InChI is InChI=1S/C28H43N5O5S/c1-6-12-38-18-24(25(34)17-29-11-7-8-21-9-10-21)31-28(35)22-14-26(30-16-23-13-20(23)4)32-27(15-22)33(5)39(36,37)19(2)3/h6,14-15,19-21,23-25,29,34H,1,9-13,16-18H2,2-5H3,(H,30,32)(H,31,35)/t20-,23+,24-,25+/m0/s1. The zero-order valence-electron chi connectivity index (χ0n) is 23.4. The molecule has 2 saturated carbocycles. The van der Waals surface area contributed by atoms with Gasteiger partial charge < -0.3 is 25.8 Å². The lowest BCUT2D eigenvalue weighted by molar-refractivity contribution is 0.0522. The van der Waals surface area contributed by atoms with Crippen molar-refractivity contribution in [3.63, 3.8) is 0 Å². The number of sulfonamides is 1. The Kier molecular flexibility index (Phi) is 11.2. The van der Waals surface area contributed by atoms with Crippen LogP contribution < -0.4 is 20.3 Å². The van der Waals surface area contributed by atoms with Crippen LogP contribution in [0.1, 0.15) is 50.4 Å². The Labute approximate surface area is 233 Å². The van der Waals surface area contributed by atoms with Gasteiger partial charge in [0.1, 0.15) is 11.6 Å². The van der Waals surface area contributed by atoms with E-state index in [-0.39, 0.29) is 31.1 Å². The number of aliphatic hydroxyl groups is 1. The van der Waals surface area contributed by atoms with Crippen LogP contribution in [0.3, 0.4) is 0 Å². The largest absolute Gasteiger partial charge is 0.390 e. The molecule has 11 heteroatoms. The summed E-state index contributed by atoms with van der Waals surface area (Å²) >= 11 is 0. The molecule has 0 saturated heterocycles. The van der Waals surface area contributed by atoms with Crippen LogP contribution in [-0.4, -0.2) is 81.7 Å². The fourth-order valence-electron chi connectivity index (χ4n) is 3.89. The first-order chi connectivity index (χ1) is 18.5. The minimum Gasteiger partial charge on any atom is -0.390 e. The topological polar surface area (TPSA) is 133 Å². The van der Waals surface area contributed by atoms with E-state index in [0.717, 1.165) is 23.6 Å². The number of pyridine rings is 1. The molecule has 1 amide bonds. The van der Waals surface area contributed by atoms with E-state index in [0.29, 0.717) is 36.7 Å². The number of nitrogens with zero attached hydrogens (tertiary/aromatic N) is 2. The number of aliphatic hydroxyl groups excluding tert-OH is 1. The van der Waals surface area contributed by atoms with E-state index in [1.807, 2.05) is 0 Å². The molecule has 3 rings (SSSR count). The summed E-state index contributed by atoms with van der Waals surface area (Å²) in [6.07, 6.45) is 4.07. The zero-order valence-corrected chi connectivity index (χ0v) is 24.3. The lowest BCUT2D eigenvalue weighted by Crippen LogP contribution is -2.50. The van der Waals surface area contributed by atoms with Crippen molar-refractivity contribution in [3.05, 3.63) is 30.4 Å². The van der Waals surface area contributed by atoms with E-state index in [4.69, 9.17) is 4.74 Å². The number of carbonyl (C=O) groups is 1. The van der Waals surface area contributed by atoms with Gasteiger partial charge in [-0.2, -0.15) is 0 Å². The summed E-state index contributed by atoms with van der Waals surface area (Å²) < 4.78 is 32.3. The van der Waals surface area contributed by atoms with Crippen LogP contribution in [-0.2, 0) is 14.8 Å². The van der Waals surface area contributed by atoms with Crippen molar-refractivity contribution in [1.29, 1.82) is 0 Å². The maximum atomic E-state index is 13.4. The van der Waals surface area contributed by atoms with Crippen molar-refractivity contribution in [3.8, 4) is 11.8 Å². The van der Waals surface area contributed by atoms with Gasteiger partial charge in [-0.05, 0) is 57.1 Å². The third-order valence-corrected chi connectivity index (χ3v) is 9.10. The van der Waals surface area contributed by atoms with Gasteiger partial charge in [-0.1, -0.05) is 24.8 Å². The number of nitrogens with one attached hydrogen (secondary N) is 3. The summed E-state index contributed by atoms with van der Waals surface area (Å²) in [7, 11) is -2.23. The smallest absolute Gasteiger partial charge is 0.251 e. The van der Waals surface area contributed by atoms with Crippen molar-refractivity contribution in [1.82, 2.24) is 15.6 Å². The summed E-state index contributed by atoms with van der Waals surface area (Å²) in [5.74, 6) is 7.94.